The van der Waals surface area contributed by atoms with Gasteiger partial charge in [0.2, 0.25) is 17.9 Å². The van der Waals surface area contributed by atoms with Crippen molar-refractivity contribution in [2.45, 2.75) is 31.0 Å². The van der Waals surface area contributed by atoms with E-state index >= 15 is 0 Å². The summed E-state index contributed by atoms with van der Waals surface area (Å²) in [6, 6.07) is 17.7. The molecule has 2 unspecified atom stereocenters. The molecule has 2 aliphatic rings. The number of rotatable bonds is 6. The van der Waals surface area contributed by atoms with Crippen LogP contribution in [0.3, 0.4) is 0 Å². The van der Waals surface area contributed by atoms with E-state index in [-0.39, 0.29) is 24.4 Å². The number of ether oxygens (including phenoxy) is 1. The highest BCUT2D eigenvalue weighted by atomic mass is 16.5. The largest absolute Gasteiger partial charge is 0.478 e. The molecule has 2 heterocycles. The maximum atomic E-state index is 12.9. The lowest BCUT2D eigenvalue weighted by atomic mass is 9.90. The van der Waals surface area contributed by atoms with Crippen LogP contribution in [0.5, 0.6) is 5.75 Å². The molecule has 7 nitrogen and oxygen atoms in total. The zero-order valence-electron chi connectivity index (χ0n) is 15.9. The molecule has 0 radical (unpaired) electrons. The first-order valence-corrected chi connectivity index (χ1v) is 9.72. The predicted molar refractivity (Wildman–Crippen MR) is 106 cm³/mol. The number of amides is 3. The highest BCUT2D eigenvalue weighted by Crippen LogP contribution is 2.37. The minimum atomic E-state index is -0.696. The smallest absolute Gasteiger partial charge is 0.267 e. The normalized spacial score (nSPS) is 23.6. The summed E-state index contributed by atoms with van der Waals surface area (Å²) in [5.41, 5.74) is 6.32. The van der Waals surface area contributed by atoms with Crippen LogP contribution in [0.1, 0.15) is 24.4 Å². The van der Waals surface area contributed by atoms with Crippen molar-refractivity contribution in [3.05, 3.63) is 66.2 Å². The molecule has 3 atom stereocenters. The van der Waals surface area contributed by atoms with Gasteiger partial charge in [-0.3, -0.25) is 14.4 Å². The van der Waals surface area contributed by atoms with E-state index in [2.05, 4.69) is 0 Å². The Kier molecular flexibility index (Phi) is 5.20. The number of carbonyl (C=O) groups excluding carboxylic acids is 3. The molecule has 4 rings (SSSR count). The molecular formula is C22H23N3O4. The van der Waals surface area contributed by atoms with Crippen molar-refractivity contribution >= 4 is 17.7 Å². The van der Waals surface area contributed by atoms with Gasteiger partial charge in [0.25, 0.3) is 5.91 Å². The summed E-state index contributed by atoms with van der Waals surface area (Å²) < 4.78 is 5.94. The second-order valence-electron chi connectivity index (χ2n) is 7.32. The number of hydrogen-bond donors (Lipinski definition) is 1. The van der Waals surface area contributed by atoms with Crippen LogP contribution in [0.15, 0.2) is 60.7 Å². The Bertz CT molecular complexity index is 903. The van der Waals surface area contributed by atoms with Gasteiger partial charge in [-0.1, -0.05) is 48.5 Å². The van der Waals surface area contributed by atoms with E-state index in [9.17, 15) is 14.4 Å². The maximum Gasteiger partial charge on any atom is 0.267 e. The average Bonchev–Trinajstić information content (AvgIpc) is 3.24. The van der Waals surface area contributed by atoms with Crippen LogP contribution in [0.25, 0.3) is 0 Å². The molecule has 0 aliphatic carbocycles. The number of likely N-dealkylation sites (tertiary alicyclic amines) is 2. The van der Waals surface area contributed by atoms with Gasteiger partial charge in [0.05, 0.1) is 0 Å². The summed E-state index contributed by atoms with van der Waals surface area (Å²) in [5, 5.41) is 0. The standard InChI is InChI=1S/C22H23N3O4/c23-21(27)17-12-7-13-24(17)18(26)14-25-19(15-8-3-1-4-9-15)20(22(25)28)29-16-10-5-2-6-11-16/h1-6,8-11,17,19-20H,7,12-14H2,(H2,23,27)/t17-,19?,20?/m0/s1. The Hall–Kier alpha value is -3.35. The first-order chi connectivity index (χ1) is 14.1. The number of nitrogens with two attached hydrogens (primary N) is 1. The summed E-state index contributed by atoms with van der Waals surface area (Å²) in [7, 11) is 0. The zero-order valence-corrected chi connectivity index (χ0v) is 15.9. The number of β-lactam (4-membered cyclic amide) rings is 1. The molecule has 0 bridgehead atoms. The van der Waals surface area contributed by atoms with Gasteiger partial charge >= 0.3 is 0 Å². The number of benzene rings is 2. The molecule has 150 valence electrons. The number of para-hydroxylation sites is 1. The summed E-state index contributed by atoms with van der Waals surface area (Å²) >= 11 is 0. The van der Waals surface area contributed by atoms with Crippen molar-refractivity contribution < 1.29 is 19.1 Å². The summed E-state index contributed by atoms with van der Waals surface area (Å²) in [4.78, 5) is 40.3. The fourth-order valence-corrected chi connectivity index (χ4v) is 4.06. The number of nitrogens with zero attached hydrogens (tertiary/aromatic N) is 2. The van der Waals surface area contributed by atoms with Gasteiger partial charge in [0, 0.05) is 6.54 Å². The lowest BCUT2D eigenvalue weighted by Crippen LogP contribution is -2.63. The maximum absolute atomic E-state index is 12.9. The molecular weight excluding hydrogens is 370 g/mol. The Morgan fingerprint density at radius 1 is 1.03 bits per heavy atom. The molecule has 2 saturated heterocycles. The van der Waals surface area contributed by atoms with Gasteiger partial charge in [0.15, 0.2) is 0 Å². The molecule has 2 N–H and O–H groups in total. The molecule has 0 saturated carbocycles. The zero-order chi connectivity index (χ0) is 20.4. The first kappa shape index (κ1) is 19.0. The van der Waals surface area contributed by atoms with Crippen molar-refractivity contribution in [2.75, 3.05) is 13.1 Å². The number of carbonyl (C=O) groups is 3. The first-order valence-electron chi connectivity index (χ1n) is 9.72. The minimum Gasteiger partial charge on any atom is -0.478 e. The molecule has 2 fully saturated rings. The summed E-state index contributed by atoms with van der Waals surface area (Å²) in [6.07, 6.45) is 0.601. The Morgan fingerprint density at radius 2 is 1.69 bits per heavy atom. The topological polar surface area (TPSA) is 92.9 Å². The van der Waals surface area contributed by atoms with E-state index in [1.54, 1.807) is 12.1 Å². The molecule has 2 aromatic carbocycles. The lowest BCUT2D eigenvalue weighted by Gasteiger charge is -2.46. The highest BCUT2D eigenvalue weighted by Gasteiger charge is 2.51. The van der Waals surface area contributed by atoms with Crippen LogP contribution in [0.2, 0.25) is 0 Å². The van der Waals surface area contributed by atoms with E-state index in [0.717, 1.165) is 12.0 Å². The molecule has 2 aliphatic heterocycles. The van der Waals surface area contributed by atoms with E-state index in [1.807, 2.05) is 48.5 Å². The lowest BCUT2D eigenvalue weighted by molar-refractivity contribution is -0.168. The number of hydrogen-bond acceptors (Lipinski definition) is 4. The van der Waals surface area contributed by atoms with Crippen LogP contribution < -0.4 is 10.5 Å². The third kappa shape index (κ3) is 3.68. The minimum absolute atomic E-state index is 0.100. The molecule has 3 amide bonds. The van der Waals surface area contributed by atoms with Crippen molar-refractivity contribution in [2.24, 2.45) is 5.73 Å². The molecule has 7 heteroatoms. The van der Waals surface area contributed by atoms with Crippen LogP contribution in [0, 0.1) is 0 Å². The van der Waals surface area contributed by atoms with Crippen molar-refractivity contribution in [1.82, 2.24) is 9.80 Å². The van der Waals surface area contributed by atoms with Crippen LogP contribution in [-0.4, -0.2) is 52.8 Å². The van der Waals surface area contributed by atoms with Crippen molar-refractivity contribution in [3.63, 3.8) is 0 Å². The third-order valence-electron chi connectivity index (χ3n) is 5.50. The predicted octanol–water partition coefficient (Wildman–Crippen LogP) is 1.49. The van der Waals surface area contributed by atoms with Crippen molar-refractivity contribution in [3.8, 4) is 5.75 Å². The average molecular weight is 393 g/mol. The fourth-order valence-electron chi connectivity index (χ4n) is 4.06. The van der Waals surface area contributed by atoms with E-state index in [4.69, 9.17) is 10.5 Å². The monoisotopic (exact) mass is 393 g/mol. The van der Waals surface area contributed by atoms with Gasteiger partial charge in [-0.05, 0) is 30.5 Å². The second kappa shape index (κ2) is 7.95. The van der Waals surface area contributed by atoms with Gasteiger partial charge in [0.1, 0.15) is 24.4 Å². The fraction of sp³-hybridized carbons (Fsp3) is 0.318. The number of primary amides is 1. The van der Waals surface area contributed by atoms with Crippen LogP contribution in [0.4, 0.5) is 0 Å². The van der Waals surface area contributed by atoms with E-state index < -0.39 is 18.1 Å². The second-order valence-corrected chi connectivity index (χ2v) is 7.32. The van der Waals surface area contributed by atoms with E-state index in [1.165, 1.54) is 9.80 Å². The van der Waals surface area contributed by atoms with Gasteiger partial charge in [-0.15, -0.1) is 0 Å². The molecule has 0 spiro atoms. The molecule has 2 aromatic rings. The van der Waals surface area contributed by atoms with Crippen LogP contribution in [-0.2, 0) is 14.4 Å². The van der Waals surface area contributed by atoms with Gasteiger partial charge in [-0.25, -0.2) is 0 Å². The van der Waals surface area contributed by atoms with Crippen LogP contribution >= 0.6 is 0 Å². The Balaban J connectivity index is 1.53. The third-order valence-corrected chi connectivity index (χ3v) is 5.50. The Labute approximate surface area is 169 Å². The highest BCUT2D eigenvalue weighted by molar-refractivity contribution is 5.94. The molecule has 0 aromatic heterocycles. The summed E-state index contributed by atoms with van der Waals surface area (Å²) in [5.74, 6) is -0.411. The molecule has 29 heavy (non-hydrogen) atoms. The van der Waals surface area contributed by atoms with Gasteiger partial charge in [-0.2, -0.15) is 0 Å². The Morgan fingerprint density at radius 3 is 2.34 bits per heavy atom. The van der Waals surface area contributed by atoms with Gasteiger partial charge < -0.3 is 20.3 Å². The summed E-state index contributed by atoms with van der Waals surface area (Å²) in [6.45, 7) is 0.380. The van der Waals surface area contributed by atoms with E-state index in [0.29, 0.717) is 18.7 Å². The quantitative estimate of drug-likeness (QED) is 0.753. The SMILES string of the molecule is NC(=O)[C@@H]1CCCN1C(=O)CN1C(=O)C(Oc2ccccc2)C1c1ccccc1. The van der Waals surface area contributed by atoms with Crippen molar-refractivity contribution in [1.29, 1.82) is 0 Å².